The van der Waals surface area contributed by atoms with Gasteiger partial charge in [-0.25, -0.2) is 0 Å². The summed E-state index contributed by atoms with van der Waals surface area (Å²) in [6.45, 7) is 2.03. The molecule has 0 spiro atoms. The first-order valence-electron chi connectivity index (χ1n) is 10.2. The predicted molar refractivity (Wildman–Crippen MR) is 118 cm³/mol. The van der Waals surface area contributed by atoms with Gasteiger partial charge in [-0.3, -0.25) is 9.59 Å². The number of carbonyl (C=O) groups is 1. The molecule has 2 atom stereocenters. The Morgan fingerprint density at radius 3 is 2.35 bits per heavy atom. The van der Waals surface area contributed by atoms with Gasteiger partial charge >= 0.3 is 0 Å². The number of aliphatic hydroxyl groups excluding tert-OH is 1. The highest BCUT2D eigenvalue weighted by atomic mass is 16.3. The molecule has 0 saturated carbocycles. The second-order valence-corrected chi connectivity index (χ2v) is 7.87. The Morgan fingerprint density at radius 1 is 0.935 bits per heavy atom. The van der Waals surface area contributed by atoms with Crippen molar-refractivity contribution in [2.75, 3.05) is 6.54 Å². The van der Waals surface area contributed by atoms with Crippen LogP contribution in [0.25, 0.3) is 11.0 Å². The Kier molecular flexibility index (Phi) is 4.68. The number of hydrogen-bond acceptors (Lipinski definition) is 4. The molecule has 2 heterocycles. The number of para-hydroxylation sites is 1. The van der Waals surface area contributed by atoms with Crippen molar-refractivity contribution in [3.8, 4) is 0 Å². The van der Waals surface area contributed by atoms with Gasteiger partial charge in [0.25, 0.3) is 5.91 Å². The molecule has 5 heteroatoms. The number of amides is 1. The van der Waals surface area contributed by atoms with Crippen LogP contribution in [0, 0.1) is 6.92 Å². The molecule has 3 aromatic carbocycles. The monoisotopic (exact) mass is 411 g/mol. The second kappa shape index (κ2) is 7.52. The molecule has 1 aromatic heterocycles. The Balaban J connectivity index is 1.67. The Bertz CT molecular complexity index is 1330. The maximum Gasteiger partial charge on any atom is 0.291 e. The van der Waals surface area contributed by atoms with E-state index in [-0.39, 0.29) is 17.7 Å². The highest BCUT2D eigenvalue weighted by Crippen LogP contribution is 2.39. The summed E-state index contributed by atoms with van der Waals surface area (Å²) in [7, 11) is 0. The summed E-state index contributed by atoms with van der Waals surface area (Å²) in [6.07, 6.45) is -0.892. The normalized spacial score (nSPS) is 16.5. The fourth-order valence-electron chi connectivity index (χ4n) is 4.22. The molecule has 0 fully saturated rings. The number of nitrogens with zero attached hydrogens (tertiary/aromatic N) is 1. The first-order chi connectivity index (χ1) is 15.0. The van der Waals surface area contributed by atoms with E-state index in [2.05, 4.69) is 0 Å². The number of benzene rings is 3. The number of aryl methyl sites for hydroxylation is 1. The van der Waals surface area contributed by atoms with E-state index in [0.717, 1.165) is 11.1 Å². The van der Waals surface area contributed by atoms with E-state index in [1.54, 1.807) is 24.3 Å². The number of hydrogen-bond donors (Lipinski definition) is 1. The quantitative estimate of drug-likeness (QED) is 0.541. The van der Waals surface area contributed by atoms with Gasteiger partial charge in [0.2, 0.25) is 5.76 Å². The molecular formula is C26H21NO4. The van der Waals surface area contributed by atoms with Crippen molar-refractivity contribution in [3.63, 3.8) is 0 Å². The molecule has 5 nitrogen and oxygen atoms in total. The van der Waals surface area contributed by atoms with E-state index in [9.17, 15) is 14.7 Å². The lowest BCUT2D eigenvalue weighted by molar-refractivity contribution is 0.0583. The van der Waals surface area contributed by atoms with Gasteiger partial charge in [0.05, 0.1) is 29.6 Å². The summed E-state index contributed by atoms with van der Waals surface area (Å²) in [5, 5.41) is 11.3. The minimum atomic E-state index is -0.892. The van der Waals surface area contributed by atoms with E-state index in [4.69, 9.17) is 4.42 Å². The SMILES string of the molecule is Cc1ccc([C@@H]2c3c(oc4ccccc4c3=O)C(=O)N2C[C@@H](O)c2ccccc2)cc1. The van der Waals surface area contributed by atoms with Crippen LogP contribution in [0.2, 0.25) is 0 Å². The molecule has 0 aliphatic carbocycles. The summed E-state index contributed by atoms with van der Waals surface area (Å²) in [6, 6.07) is 23.2. The van der Waals surface area contributed by atoms with Crippen LogP contribution < -0.4 is 5.43 Å². The van der Waals surface area contributed by atoms with Crippen molar-refractivity contribution in [3.05, 3.63) is 117 Å². The summed E-state index contributed by atoms with van der Waals surface area (Å²) in [5.74, 6) is -0.340. The van der Waals surface area contributed by atoms with E-state index >= 15 is 0 Å². The molecule has 154 valence electrons. The van der Waals surface area contributed by atoms with Crippen molar-refractivity contribution in [1.82, 2.24) is 4.90 Å². The summed E-state index contributed by atoms with van der Waals surface area (Å²) in [4.78, 5) is 28.3. The van der Waals surface area contributed by atoms with Gasteiger partial charge in [0.15, 0.2) is 5.43 Å². The maximum absolute atomic E-state index is 13.4. The first kappa shape index (κ1) is 19.3. The van der Waals surface area contributed by atoms with Crippen LogP contribution in [0.15, 0.2) is 88.1 Å². The molecule has 0 radical (unpaired) electrons. The van der Waals surface area contributed by atoms with Gasteiger partial charge in [0.1, 0.15) is 5.58 Å². The highest BCUT2D eigenvalue weighted by molar-refractivity contribution is 5.99. The fourth-order valence-corrected chi connectivity index (χ4v) is 4.22. The second-order valence-electron chi connectivity index (χ2n) is 7.87. The molecule has 1 aliphatic rings. The Hall–Kier alpha value is -3.70. The summed E-state index contributed by atoms with van der Waals surface area (Å²) < 4.78 is 5.92. The van der Waals surface area contributed by atoms with Crippen molar-refractivity contribution in [2.45, 2.75) is 19.1 Å². The molecular weight excluding hydrogens is 390 g/mol. The third-order valence-corrected chi connectivity index (χ3v) is 5.82. The standard InChI is InChI=1S/C26H21NO4/c1-16-11-13-18(14-12-16)23-22-24(29)19-9-5-6-10-21(19)31-25(22)26(30)27(23)15-20(28)17-7-3-2-4-8-17/h2-14,20,23,28H,15H2,1H3/t20-,23-/m1/s1. The highest BCUT2D eigenvalue weighted by Gasteiger charge is 2.43. The lowest BCUT2D eigenvalue weighted by Gasteiger charge is -2.27. The van der Waals surface area contributed by atoms with Crippen molar-refractivity contribution >= 4 is 16.9 Å². The zero-order valence-corrected chi connectivity index (χ0v) is 17.0. The van der Waals surface area contributed by atoms with Gasteiger partial charge in [0, 0.05) is 0 Å². The number of aliphatic hydroxyl groups is 1. The van der Waals surface area contributed by atoms with Crippen LogP contribution >= 0.6 is 0 Å². The third-order valence-electron chi connectivity index (χ3n) is 5.82. The predicted octanol–water partition coefficient (Wildman–Crippen LogP) is 4.38. The average molecular weight is 411 g/mol. The number of fused-ring (bicyclic) bond motifs is 2. The molecule has 0 bridgehead atoms. The zero-order valence-electron chi connectivity index (χ0n) is 17.0. The minimum absolute atomic E-state index is 0.0430. The third kappa shape index (κ3) is 3.23. The van der Waals surface area contributed by atoms with Crippen molar-refractivity contribution < 1.29 is 14.3 Å². The van der Waals surface area contributed by atoms with Crippen molar-refractivity contribution in [1.29, 1.82) is 0 Å². The molecule has 0 unspecified atom stereocenters. The van der Waals surface area contributed by atoms with Crippen molar-refractivity contribution in [2.24, 2.45) is 0 Å². The number of carbonyl (C=O) groups excluding carboxylic acids is 1. The van der Waals surface area contributed by atoms with Crippen LogP contribution in [0.5, 0.6) is 0 Å². The topological polar surface area (TPSA) is 70.8 Å². The van der Waals surface area contributed by atoms with Crippen LogP contribution in [0.1, 0.15) is 45.0 Å². The van der Waals surface area contributed by atoms with E-state index in [1.165, 1.54) is 4.90 Å². The van der Waals surface area contributed by atoms with Gasteiger partial charge < -0.3 is 14.4 Å². The van der Waals surface area contributed by atoms with Gasteiger partial charge in [-0.05, 0) is 30.2 Å². The maximum atomic E-state index is 13.4. The zero-order chi connectivity index (χ0) is 21.5. The fraction of sp³-hybridized carbons (Fsp3) is 0.154. The van der Waals surface area contributed by atoms with Crippen LogP contribution in [0.3, 0.4) is 0 Å². The van der Waals surface area contributed by atoms with Gasteiger partial charge in [-0.15, -0.1) is 0 Å². The first-order valence-corrected chi connectivity index (χ1v) is 10.2. The molecule has 1 amide bonds. The summed E-state index contributed by atoms with van der Waals surface area (Å²) in [5.41, 5.74) is 3.08. The Morgan fingerprint density at radius 2 is 1.61 bits per heavy atom. The van der Waals surface area contributed by atoms with Crippen LogP contribution in [-0.2, 0) is 0 Å². The lowest BCUT2D eigenvalue weighted by Crippen LogP contribution is -2.33. The van der Waals surface area contributed by atoms with Gasteiger partial charge in [-0.2, -0.15) is 0 Å². The minimum Gasteiger partial charge on any atom is -0.450 e. The number of β-amino-alcohol motifs (C(OH)–C–C–N with tert-alkyl or cyclic N) is 1. The van der Waals surface area contributed by atoms with Crippen LogP contribution in [0.4, 0.5) is 0 Å². The van der Waals surface area contributed by atoms with E-state index < -0.39 is 18.1 Å². The molecule has 5 rings (SSSR count). The van der Waals surface area contributed by atoms with E-state index in [0.29, 0.717) is 22.1 Å². The van der Waals surface area contributed by atoms with Gasteiger partial charge in [-0.1, -0.05) is 72.3 Å². The molecule has 0 saturated heterocycles. The Labute approximate surface area is 179 Å². The molecule has 1 N–H and O–H groups in total. The summed E-state index contributed by atoms with van der Waals surface area (Å²) >= 11 is 0. The molecule has 31 heavy (non-hydrogen) atoms. The number of rotatable bonds is 4. The molecule has 4 aromatic rings. The lowest BCUT2D eigenvalue weighted by atomic mass is 9.97. The smallest absolute Gasteiger partial charge is 0.291 e. The average Bonchev–Trinajstić information content (AvgIpc) is 3.07. The van der Waals surface area contributed by atoms with Crippen LogP contribution in [-0.4, -0.2) is 22.5 Å². The largest absolute Gasteiger partial charge is 0.450 e. The van der Waals surface area contributed by atoms with E-state index in [1.807, 2.05) is 61.5 Å². The molecule has 1 aliphatic heterocycles.